The van der Waals surface area contributed by atoms with Crippen molar-refractivity contribution < 1.29 is 5.11 Å². The second-order valence-electron chi connectivity index (χ2n) is 2.84. The van der Waals surface area contributed by atoms with Crippen LogP contribution in [0.5, 0.6) is 0 Å². The summed E-state index contributed by atoms with van der Waals surface area (Å²) < 4.78 is 0. The molecule has 1 nitrogen and oxygen atoms in total. The Morgan fingerprint density at radius 2 is 1.82 bits per heavy atom. The highest BCUT2D eigenvalue weighted by Crippen LogP contribution is 2.32. The van der Waals surface area contributed by atoms with E-state index in [2.05, 4.69) is 24.3 Å². The van der Waals surface area contributed by atoms with Crippen LogP contribution in [0.2, 0.25) is 0 Å². The van der Waals surface area contributed by atoms with Gasteiger partial charge in [0.15, 0.2) is 0 Å². The van der Waals surface area contributed by atoms with Crippen LogP contribution in [-0.2, 0) is 0 Å². The van der Waals surface area contributed by atoms with E-state index in [9.17, 15) is 0 Å². The first-order chi connectivity index (χ1) is 5.24. The van der Waals surface area contributed by atoms with Crippen LogP contribution in [0.15, 0.2) is 24.3 Å². The van der Waals surface area contributed by atoms with Gasteiger partial charge in [0.05, 0.1) is 6.10 Å². The lowest BCUT2D eigenvalue weighted by atomic mass is 10.3. The fourth-order valence-corrected chi connectivity index (χ4v) is 0.676. The first-order valence-corrected chi connectivity index (χ1v) is 4.02. The number of fused-ring (bicyclic) bond motifs is 1. The molecule has 0 aromatic carbocycles. The van der Waals surface area contributed by atoms with Gasteiger partial charge < -0.3 is 5.11 Å². The van der Waals surface area contributed by atoms with Crippen LogP contribution in [0.3, 0.4) is 0 Å². The van der Waals surface area contributed by atoms with Crippen LogP contribution in [0.1, 0.15) is 20.3 Å². The van der Waals surface area contributed by atoms with Crippen LogP contribution >= 0.6 is 0 Å². The Kier molecular flexibility index (Phi) is 2.66. The molecule has 0 spiro atoms. The molecule has 11 heavy (non-hydrogen) atoms. The second-order valence-corrected chi connectivity index (χ2v) is 2.84. The van der Waals surface area contributed by atoms with Crippen molar-refractivity contribution in [2.24, 2.45) is 0 Å². The number of hydrogen-bond acceptors (Lipinski definition) is 1. The van der Waals surface area contributed by atoms with Gasteiger partial charge in [-0.2, -0.15) is 0 Å². The van der Waals surface area contributed by atoms with Gasteiger partial charge in [0.25, 0.3) is 0 Å². The van der Waals surface area contributed by atoms with Crippen LogP contribution in [-0.4, -0.2) is 11.2 Å². The molecule has 2 rings (SSSR count). The minimum atomic E-state index is -0.116. The van der Waals surface area contributed by atoms with Crippen molar-refractivity contribution in [3.63, 3.8) is 0 Å². The Bertz CT molecular complexity index is 211. The summed E-state index contributed by atoms with van der Waals surface area (Å²) in [4.78, 5) is 0. The molecule has 0 saturated heterocycles. The molecule has 0 fully saturated rings. The summed E-state index contributed by atoms with van der Waals surface area (Å²) in [6.07, 6.45) is 0.745. The molecule has 0 amide bonds. The van der Waals surface area contributed by atoms with E-state index in [0.717, 1.165) is 6.42 Å². The molecule has 0 heterocycles. The lowest BCUT2D eigenvalue weighted by molar-refractivity contribution is 0.191. The quantitative estimate of drug-likeness (QED) is 0.662. The zero-order chi connectivity index (χ0) is 8.27. The lowest BCUT2D eigenvalue weighted by Gasteiger charge is -1.90. The van der Waals surface area contributed by atoms with E-state index < -0.39 is 0 Å². The van der Waals surface area contributed by atoms with Gasteiger partial charge in [-0.3, -0.25) is 0 Å². The molecule has 0 bridgehead atoms. The van der Waals surface area contributed by atoms with E-state index in [0.29, 0.717) is 0 Å². The Morgan fingerprint density at radius 3 is 1.91 bits per heavy atom. The van der Waals surface area contributed by atoms with Gasteiger partial charge in [-0.25, -0.2) is 0 Å². The Labute approximate surface area is 67.7 Å². The minimum Gasteiger partial charge on any atom is -0.393 e. The van der Waals surface area contributed by atoms with E-state index in [1.54, 1.807) is 6.92 Å². The molecule has 0 aromatic heterocycles. The summed E-state index contributed by atoms with van der Waals surface area (Å²) in [5.74, 6) is 0. The standard InChI is InChI=1S/C6H4.C4H10O/c1-2-5-4-6(5)3-1;1-3-4(2)5/h1-4H;4-5H,3H2,1-2H3. The Morgan fingerprint density at radius 1 is 1.36 bits per heavy atom. The van der Waals surface area contributed by atoms with Crippen molar-refractivity contribution in [3.8, 4) is 11.1 Å². The van der Waals surface area contributed by atoms with E-state index in [4.69, 9.17) is 5.11 Å². The molecule has 1 unspecified atom stereocenters. The average molecular weight is 150 g/mol. The number of aliphatic hydroxyl groups is 1. The number of benzene rings is 1. The van der Waals surface area contributed by atoms with Gasteiger partial charge in [0, 0.05) is 0 Å². The highest BCUT2D eigenvalue weighted by atomic mass is 16.3. The van der Waals surface area contributed by atoms with Crippen LogP contribution in [0, 0.1) is 0 Å². The molecule has 2 aliphatic rings. The third-order valence-electron chi connectivity index (χ3n) is 1.70. The van der Waals surface area contributed by atoms with Gasteiger partial charge in [0.2, 0.25) is 0 Å². The maximum Gasteiger partial charge on any atom is 0.0509 e. The molecule has 0 radical (unpaired) electrons. The fraction of sp³-hybridized carbons (Fsp3) is 0.400. The maximum atomic E-state index is 8.36. The first-order valence-electron chi connectivity index (χ1n) is 4.02. The summed E-state index contributed by atoms with van der Waals surface area (Å²) in [6.45, 7) is 3.73. The van der Waals surface area contributed by atoms with Crippen molar-refractivity contribution in [3.05, 3.63) is 24.3 Å². The maximum absolute atomic E-state index is 8.36. The SMILES string of the molecule is CCC(C)O.c1cc2cc-2c1. The Hall–Kier alpha value is -0.820. The van der Waals surface area contributed by atoms with Gasteiger partial charge >= 0.3 is 0 Å². The van der Waals surface area contributed by atoms with Gasteiger partial charge in [-0.05, 0) is 30.5 Å². The highest BCUT2D eigenvalue weighted by Gasteiger charge is 2.06. The van der Waals surface area contributed by atoms with E-state index >= 15 is 0 Å². The number of hydrogen-bond donors (Lipinski definition) is 1. The smallest absolute Gasteiger partial charge is 0.0509 e. The fourth-order valence-electron chi connectivity index (χ4n) is 0.676. The molecule has 60 valence electrons. The van der Waals surface area contributed by atoms with Gasteiger partial charge in [-0.1, -0.05) is 25.1 Å². The summed E-state index contributed by atoms with van der Waals surface area (Å²) in [5.41, 5.74) is 2.85. The third kappa shape index (κ3) is 2.72. The molecule has 0 aromatic rings. The summed E-state index contributed by atoms with van der Waals surface area (Å²) in [5, 5.41) is 8.36. The molecule has 0 aliphatic heterocycles. The Balaban J connectivity index is 0.000000114. The molecule has 1 atom stereocenters. The predicted molar refractivity (Wildman–Crippen MR) is 47.4 cm³/mol. The van der Waals surface area contributed by atoms with Crippen molar-refractivity contribution in [2.75, 3.05) is 0 Å². The van der Waals surface area contributed by atoms with Crippen molar-refractivity contribution in [1.82, 2.24) is 0 Å². The number of aliphatic hydroxyl groups excluding tert-OH is 1. The molecular weight excluding hydrogens is 136 g/mol. The van der Waals surface area contributed by atoms with E-state index in [1.807, 2.05) is 6.92 Å². The van der Waals surface area contributed by atoms with Crippen LogP contribution in [0.4, 0.5) is 0 Å². The van der Waals surface area contributed by atoms with E-state index in [1.165, 1.54) is 11.1 Å². The van der Waals surface area contributed by atoms with Crippen LogP contribution in [0.25, 0.3) is 11.1 Å². The molecule has 1 N–H and O–H groups in total. The predicted octanol–water partition coefficient (Wildman–Crippen LogP) is 2.44. The average Bonchev–Trinajstić information content (AvgIpc) is 2.61. The monoisotopic (exact) mass is 150 g/mol. The van der Waals surface area contributed by atoms with Gasteiger partial charge in [0.1, 0.15) is 0 Å². The summed E-state index contributed by atoms with van der Waals surface area (Å²) in [7, 11) is 0. The summed E-state index contributed by atoms with van der Waals surface area (Å²) in [6, 6.07) is 8.48. The first kappa shape index (κ1) is 8.28. The molecule has 1 heteroatoms. The van der Waals surface area contributed by atoms with Crippen molar-refractivity contribution >= 4 is 0 Å². The molecule has 2 aliphatic carbocycles. The minimum absolute atomic E-state index is 0.116. The zero-order valence-electron chi connectivity index (χ0n) is 7.04. The third-order valence-corrected chi connectivity index (χ3v) is 1.70. The topological polar surface area (TPSA) is 20.2 Å². The molecule has 0 saturated carbocycles. The highest BCUT2D eigenvalue weighted by molar-refractivity contribution is 5.80. The largest absolute Gasteiger partial charge is 0.393 e. The molecular formula is C10H14O. The van der Waals surface area contributed by atoms with E-state index in [-0.39, 0.29) is 6.10 Å². The summed E-state index contributed by atoms with van der Waals surface area (Å²) >= 11 is 0. The van der Waals surface area contributed by atoms with Gasteiger partial charge in [-0.15, -0.1) is 0 Å². The van der Waals surface area contributed by atoms with Crippen LogP contribution < -0.4 is 0 Å². The lowest BCUT2D eigenvalue weighted by Crippen LogP contribution is -1.93. The van der Waals surface area contributed by atoms with Crippen molar-refractivity contribution in [2.45, 2.75) is 26.4 Å². The second kappa shape index (κ2) is 3.54. The number of rotatable bonds is 1. The normalized spacial score (nSPS) is 13.0. The van der Waals surface area contributed by atoms with Crippen molar-refractivity contribution in [1.29, 1.82) is 0 Å². The zero-order valence-corrected chi connectivity index (χ0v) is 7.04.